The first-order chi connectivity index (χ1) is 8.12. The lowest BCUT2D eigenvalue weighted by Crippen LogP contribution is -2.37. The first kappa shape index (κ1) is 13.4. The minimum Gasteiger partial charge on any atom is -0.497 e. The third kappa shape index (κ3) is 3.42. The second-order valence-corrected chi connectivity index (χ2v) is 3.61. The van der Waals surface area contributed by atoms with Crippen LogP contribution in [0.3, 0.4) is 0 Å². The van der Waals surface area contributed by atoms with Gasteiger partial charge < -0.3 is 15.2 Å². The molecule has 17 heavy (non-hydrogen) atoms. The van der Waals surface area contributed by atoms with E-state index in [-0.39, 0.29) is 18.2 Å². The van der Waals surface area contributed by atoms with Crippen LogP contribution in [-0.2, 0) is 0 Å². The average Bonchev–Trinajstić information content (AvgIpc) is 2.35. The molecule has 1 amide bonds. The highest BCUT2D eigenvalue weighted by Gasteiger charge is 2.15. The molecule has 0 bridgehead atoms. The first-order valence-electron chi connectivity index (χ1n) is 5.37. The lowest BCUT2D eigenvalue weighted by molar-refractivity contribution is 0.0911. The number of carbonyl (C=O) groups excluding carboxylic acids is 1. The third-order valence-corrected chi connectivity index (χ3v) is 2.47. The number of carbonyl (C=O) groups is 1. The number of halogens is 1. The number of ether oxygens (including phenoxy) is 1. The van der Waals surface area contributed by atoms with Gasteiger partial charge in [-0.1, -0.05) is 6.92 Å². The van der Waals surface area contributed by atoms with Crippen molar-refractivity contribution in [2.24, 2.45) is 0 Å². The van der Waals surface area contributed by atoms with E-state index in [0.29, 0.717) is 12.2 Å². The Labute approximate surface area is 99.4 Å². The smallest absolute Gasteiger partial charge is 0.254 e. The highest BCUT2D eigenvalue weighted by atomic mass is 19.1. The predicted octanol–water partition coefficient (Wildman–Crippen LogP) is 1.34. The molecule has 0 aliphatic rings. The number of methoxy groups -OCH3 is 1. The molecule has 0 aliphatic carbocycles. The van der Waals surface area contributed by atoms with E-state index in [4.69, 9.17) is 9.84 Å². The SMILES string of the molecule is CCC(CO)NC(=O)c1ccc(OC)cc1F. The van der Waals surface area contributed by atoms with Crippen LogP contribution < -0.4 is 10.1 Å². The maximum Gasteiger partial charge on any atom is 0.254 e. The van der Waals surface area contributed by atoms with Crippen molar-refractivity contribution in [3.8, 4) is 5.75 Å². The van der Waals surface area contributed by atoms with Crippen molar-refractivity contribution in [3.63, 3.8) is 0 Å². The summed E-state index contributed by atoms with van der Waals surface area (Å²) in [7, 11) is 1.42. The van der Waals surface area contributed by atoms with Gasteiger partial charge in [0.1, 0.15) is 11.6 Å². The number of nitrogens with one attached hydrogen (secondary N) is 1. The van der Waals surface area contributed by atoms with E-state index in [0.717, 1.165) is 6.07 Å². The Morgan fingerprint density at radius 3 is 2.76 bits per heavy atom. The summed E-state index contributed by atoms with van der Waals surface area (Å²) in [5, 5.41) is 11.5. The summed E-state index contributed by atoms with van der Waals surface area (Å²) in [5.74, 6) is -0.825. The Bertz CT molecular complexity index is 391. The van der Waals surface area contributed by atoms with Gasteiger partial charge in [0, 0.05) is 6.07 Å². The molecule has 0 saturated heterocycles. The normalized spacial score (nSPS) is 12.0. The maximum absolute atomic E-state index is 13.5. The Morgan fingerprint density at radius 1 is 1.59 bits per heavy atom. The summed E-state index contributed by atoms with van der Waals surface area (Å²) in [6.45, 7) is 1.66. The molecule has 1 atom stereocenters. The van der Waals surface area contributed by atoms with Gasteiger partial charge in [-0.15, -0.1) is 0 Å². The van der Waals surface area contributed by atoms with Crippen molar-refractivity contribution in [3.05, 3.63) is 29.6 Å². The highest BCUT2D eigenvalue weighted by molar-refractivity contribution is 5.94. The van der Waals surface area contributed by atoms with Crippen molar-refractivity contribution >= 4 is 5.91 Å². The molecule has 5 heteroatoms. The van der Waals surface area contributed by atoms with Gasteiger partial charge in [-0.05, 0) is 18.6 Å². The number of benzene rings is 1. The molecule has 0 aliphatic heterocycles. The highest BCUT2D eigenvalue weighted by Crippen LogP contribution is 2.16. The molecular weight excluding hydrogens is 225 g/mol. The molecule has 0 spiro atoms. The minimum atomic E-state index is -0.644. The van der Waals surface area contributed by atoms with E-state index in [1.54, 1.807) is 0 Å². The lowest BCUT2D eigenvalue weighted by atomic mass is 10.1. The molecule has 1 rings (SSSR count). The number of aliphatic hydroxyl groups is 1. The monoisotopic (exact) mass is 241 g/mol. The average molecular weight is 241 g/mol. The van der Waals surface area contributed by atoms with Crippen LogP contribution in [0.1, 0.15) is 23.7 Å². The minimum absolute atomic E-state index is 0.0577. The van der Waals surface area contributed by atoms with Crippen LogP contribution in [0.15, 0.2) is 18.2 Å². The maximum atomic E-state index is 13.5. The number of rotatable bonds is 5. The van der Waals surface area contributed by atoms with Crippen LogP contribution in [0, 0.1) is 5.82 Å². The Kier molecular flexibility index (Phi) is 4.90. The van der Waals surface area contributed by atoms with E-state index in [9.17, 15) is 9.18 Å². The summed E-state index contributed by atoms with van der Waals surface area (Å²) in [6.07, 6.45) is 0.583. The van der Waals surface area contributed by atoms with Crippen LogP contribution >= 0.6 is 0 Å². The van der Waals surface area contributed by atoms with Gasteiger partial charge >= 0.3 is 0 Å². The van der Waals surface area contributed by atoms with Crippen molar-refractivity contribution < 1.29 is 19.0 Å². The first-order valence-corrected chi connectivity index (χ1v) is 5.37. The molecule has 0 saturated carbocycles. The summed E-state index contributed by atoms with van der Waals surface area (Å²) in [4.78, 5) is 11.7. The predicted molar refractivity (Wildman–Crippen MR) is 61.6 cm³/mol. The molecule has 0 heterocycles. The van der Waals surface area contributed by atoms with Crippen LogP contribution in [0.2, 0.25) is 0 Å². The summed E-state index contributed by atoms with van der Waals surface area (Å²) in [6, 6.07) is 3.66. The van der Waals surface area contributed by atoms with Gasteiger partial charge in [0.05, 0.1) is 25.3 Å². The Balaban J connectivity index is 2.82. The number of aliphatic hydroxyl groups excluding tert-OH is 1. The lowest BCUT2D eigenvalue weighted by Gasteiger charge is -2.14. The Hall–Kier alpha value is -1.62. The molecule has 0 radical (unpaired) electrons. The summed E-state index contributed by atoms with van der Waals surface area (Å²) >= 11 is 0. The molecule has 0 aromatic heterocycles. The van der Waals surface area contributed by atoms with Gasteiger partial charge in [0.2, 0.25) is 0 Å². The zero-order valence-electron chi connectivity index (χ0n) is 9.87. The molecule has 94 valence electrons. The zero-order valence-corrected chi connectivity index (χ0v) is 9.87. The van der Waals surface area contributed by atoms with Crippen molar-refractivity contribution in [2.75, 3.05) is 13.7 Å². The van der Waals surface area contributed by atoms with Crippen molar-refractivity contribution in [1.82, 2.24) is 5.32 Å². The van der Waals surface area contributed by atoms with Crippen molar-refractivity contribution in [2.45, 2.75) is 19.4 Å². The van der Waals surface area contributed by atoms with E-state index in [2.05, 4.69) is 5.32 Å². The largest absolute Gasteiger partial charge is 0.497 e. The number of amides is 1. The van der Waals surface area contributed by atoms with Crippen molar-refractivity contribution in [1.29, 1.82) is 0 Å². The molecule has 1 aromatic rings. The van der Waals surface area contributed by atoms with Crippen LogP contribution in [0.5, 0.6) is 5.75 Å². The van der Waals surface area contributed by atoms with Gasteiger partial charge in [0.25, 0.3) is 5.91 Å². The van der Waals surface area contributed by atoms with Crippen LogP contribution in [0.4, 0.5) is 4.39 Å². The molecular formula is C12H16FNO3. The standard InChI is InChI=1S/C12H16FNO3/c1-3-8(7-15)14-12(16)10-5-4-9(17-2)6-11(10)13/h4-6,8,15H,3,7H2,1-2H3,(H,14,16). The molecule has 4 nitrogen and oxygen atoms in total. The van der Waals surface area contributed by atoms with Gasteiger partial charge in [-0.2, -0.15) is 0 Å². The van der Waals surface area contributed by atoms with Gasteiger partial charge in [-0.3, -0.25) is 4.79 Å². The van der Waals surface area contributed by atoms with Crippen LogP contribution in [0.25, 0.3) is 0 Å². The Morgan fingerprint density at radius 2 is 2.29 bits per heavy atom. The van der Waals surface area contributed by atoms with Crippen LogP contribution in [-0.4, -0.2) is 30.8 Å². The summed E-state index contributed by atoms with van der Waals surface area (Å²) < 4.78 is 18.4. The molecule has 0 fully saturated rings. The summed E-state index contributed by atoms with van der Waals surface area (Å²) in [5.41, 5.74) is -0.0577. The number of hydrogen-bond donors (Lipinski definition) is 2. The second kappa shape index (κ2) is 6.20. The molecule has 1 unspecified atom stereocenters. The molecule has 2 N–H and O–H groups in total. The fourth-order valence-electron chi connectivity index (χ4n) is 1.35. The quantitative estimate of drug-likeness (QED) is 0.817. The van der Waals surface area contributed by atoms with E-state index >= 15 is 0 Å². The second-order valence-electron chi connectivity index (χ2n) is 3.61. The van der Waals surface area contributed by atoms with E-state index < -0.39 is 11.7 Å². The van der Waals surface area contributed by atoms with Gasteiger partial charge in [0.15, 0.2) is 0 Å². The fourth-order valence-corrected chi connectivity index (χ4v) is 1.35. The topological polar surface area (TPSA) is 58.6 Å². The van der Waals surface area contributed by atoms with E-state index in [1.165, 1.54) is 19.2 Å². The molecule has 1 aromatic carbocycles. The van der Waals surface area contributed by atoms with E-state index in [1.807, 2.05) is 6.92 Å². The zero-order chi connectivity index (χ0) is 12.8. The van der Waals surface area contributed by atoms with Gasteiger partial charge in [-0.25, -0.2) is 4.39 Å². The third-order valence-electron chi connectivity index (χ3n) is 2.47. The fraction of sp³-hybridized carbons (Fsp3) is 0.417. The number of hydrogen-bond acceptors (Lipinski definition) is 3.